The molecule has 2 N–H and O–H groups in total. The van der Waals surface area contributed by atoms with Gasteiger partial charge in [0.1, 0.15) is 4.90 Å². The summed E-state index contributed by atoms with van der Waals surface area (Å²) in [5.74, 6) is 0.430. The van der Waals surface area contributed by atoms with Crippen molar-refractivity contribution in [3.63, 3.8) is 0 Å². The van der Waals surface area contributed by atoms with Gasteiger partial charge in [-0.1, -0.05) is 36.5 Å². The fourth-order valence-electron chi connectivity index (χ4n) is 2.24. The van der Waals surface area contributed by atoms with E-state index in [9.17, 15) is 8.42 Å². The molecule has 0 spiro atoms. The third-order valence-electron chi connectivity index (χ3n) is 3.49. The van der Waals surface area contributed by atoms with Crippen molar-refractivity contribution in [2.24, 2.45) is 5.92 Å². The maximum absolute atomic E-state index is 12.4. The van der Waals surface area contributed by atoms with Crippen molar-refractivity contribution in [1.29, 1.82) is 0 Å². The molecular weight excluding hydrogens is 319 g/mol. The number of sulfonamides is 1. The second kappa shape index (κ2) is 6.20. The summed E-state index contributed by atoms with van der Waals surface area (Å²) in [5, 5.41) is 3.53. The van der Waals surface area contributed by atoms with Crippen molar-refractivity contribution in [3.05, 3.63) is 27.7 Å². The standard InChI is InChI=1S/C13H18Cl2N2O2S/c1-3-8-5-11(8)17-20(18,19)12-6-10(14)4-9(7-16-2)13(12)15/h4,6,8,11,16-17H,3,5,7H2,1-2H3. The Morgan fingerprint density at radius 3 is 2.60 bits per heavy atom. The molecule has 0 heterocycles. The summed E-state index contributed by atoms with van der Waals surface area (Å²) in [6, 6.07) is 3.09. The molecule has 2 atom stereocenters. The maximum atomic E-state index is 12.4. The van der Waals surface area contributed by atoms with E-state index in [1.165, 1.54) is 6.07 Å². The minimum absolute atomic E-state index is 0.0211. The molecule has 2 unspecified atom stereocenters. The molecule has 0 amide bonds. The number of rotatable bonds is 6. The van der Waals surface area contributed by atoms with Crippen LogP contribution in [0.5, 0.6) is 0 Å². The Balaban J connectivity index is 2.31. The van der Waals surface area contributed by atoms with Crippen LogP contribution in [0.25, 0.3) is 0 Å². The average molecular weight is 337 g/mol. The summed E-state index contributed by atoms with van der Waals surface area (Å²) >= 11 is 12.2. The van der Waals surface area contributed by atoms with Gasteiger partial charge in [0, 0.05) is 17.6 Å². The third-order valence-corrected chi connectivity index (χ3v) is 5.78. The van der Waals surface area contributed by atoms with Crippen LogP contribution in [0, 0.1) is 5.92 Å². The van der Waals surface area contributed by atoms with E-state index in [2.05, 4.69) is 17.0 Å². The lowest BCUT2D eigenvalue weighted by Crippen LogP contribution is -2.27. The quantitative estimate of drug-likeness (QED) is 0.839. The molecule has 20 heavy (non-hydrogen) atoms. The molecule has 4 nitrogen and oxygen atoms in total. The zero-order valence-electron chi connectivity index (χ0n) is 11.4. The number of hydrogen-bond donors (Lipinski definition) is 2. The van der Waals surface area contributed by atoms with Gasteiger partial charge >= 0.3 is 0 Å². The molecular formula is C13H18Cl2N2O2S. The first-order valence-electron chi connectivity index (χ1n) is 6.54. The van der Waals surface area contributed by atoms with Gasteiger partial charge in [-0.2, -0.15) is 0 Å². The van der Waals surface area contributed by atoms with E-state index in [1.54, 1.807) is 13.1 Å². The number of nitrogens with one attached hydrogen (secondary N) is 2. The molecule has 112 valence electrons. The van der Waals surface area contributed by atoms with Gasteiger partial charge in [0.2, 0.25) is 10.0 Å². The molecule has 0 aliphatic heterocycles. The second-order valence-electron chi connectivity index (χ2n) is 5.04. The van der Waals surface area contributed by atoms with Crippen LogP contribution >= 0.6 is 23.2 Å². The topological polar surface area (TPSA) is 58.2 Å². The Hall–Kier alpha value is -0.330. The normalized spacial score (nSPS) is 22.0. The Kier molecular flexibility index (Phi) is 4.97. The van der Waals surface area contributed by atoms with Crippen molar-refractivity contribution in [2.75, 3.05) is 7.05 Å². The zero-order chi connectivity index (χ0) is 14.9. The van der Waals surface area contributed by atoms with Gasteiger partial charge in [-0.05, 0) is 37.1 Å². The lowest BCUT2D eigenvalue weighted by atomic mass is 10.2. The first-order chi connectivity index (χ1) is 9.39. The first kappa shape index (κ1) is 16.0. The molecule has 0 aromatic heterocycles. The monoisotopic (exact) mass is 336 g/mol. The number of halogens is 2. The number of hydrogen-bond acceptors (Lipinski definition) is 3. The molecule has 1 aliphatic rings. The minimum Gasteiger partial charge on any atom is -0.316 e. The van der Waals surface area contributed by atoms with Crippen molar-refractivity contribution in [3.8, 4) is 0 Å². The maximum Gasteiger partial charge on any atom is 0.242 e. The highest BCUT2D eigenvalue weighted by molar-refractivity contribution is 7.89. The molecule has 0 bridgehead atoms. The summed E-state index contributed by atoms with van der Waals surface area (Å²) in [5.41, 5.74) is 0.671. The largest absolute Gasteiger partial charge is 0.316 e. The molecule has 1 aliphatic carbocycles. The highest BCUT2D eigenvalue weighted by Crippen LogP contribution is 2.36. The van der Waals surface area contributed by atoms with E-state index in [0.717, 1.165) is 12.8 Å². The second-order valence-corrected chi connectivity index (χ2v) is 7.54. The van der Waals surface area contributed by atoms with E-state index in [0.29, 0.717) is 23.0 Å². The molecule has 0 saturated heterocycles. The van der Waals surface area contributed by atoms with Gasteiger partial charge in [0.25, 0.3) is 0 Å². The molecule has 1 aromatic rings. The summed E-state index contributed by atoms with van der Waals surface area (Å²) < 4.78 is 27.5. The molecule has 1 aromatic carbocycles. The van der Waals surface area contributed by atoms with Crippen LogP contribution < -0.4 is 10.0 Å². The van der Waals surface area contributed by atoms with Crippen molar-refractivity contribution >= 4 is 33.2 Å². The summed E-state index contributed by atoms with van der Waals surface area (Å²) in [7, 11) is -1.86. The Morgan fingerprint density at radius 1 is 1.35 bits per heavy atom. The van der Waals surface area contributed by atoms with Crippen LogP contribution in [-0.4, -0.2) is 21.5 Å². The lowest BCUT2D eigenvalue weighted by Gasteiger charge is -2.12. The van der Waals surface area contributed by atoms with Gasteiger partial charge in [0.15, 0.2) is 0 Å². The summed E-state index contributed by atoms with van der Waals surface area (Å²) in [6.45, 7) is 2.51. The van der Waals surface area contributed by atoms with Gasteiger partial charge < -0.3 is 5.32 Å². The lowest BCUT2D eigenvalue weighted by molar-refractivity contribution is 0.575. The van der Waals surface area contributed by atoms with Gasteiger partial charge in [-0.25, -0.2) is 13.1 Å². The van der Waals surface area contributed by atoms with Crippen molar-refractivity contribution < 1.29 is 8.42 Å². The Bertz CT molecular complexity index is 605. The number of benzene rings is 1. The van der Waals surface area contributed by atoms with E-state index in [-0.39, 0.29) is 16.0 Å². The fourth-order valence-corrected chi connectivity index (χ4v) is 4.49. The Morgan fingerprint density at radius 2 is 2.05 bits per heavy atom. The predicted octanol–water partition coefficient (Wildman–Crippen LogP) is 2.79. The average Bonchev–Trinajstić information content (AvgIpc) is 3.11. The molecule has 2 rings (SSSR count). The predicted molar refractivity (Wildman–Crippen MR) is 81.7 cm³/mol. The minimum atomic E-state index is -3.63. The Labute approximate surface area is 129 Å². The van der Waals surface area contributed by atoms with E-state index in [1.807, 2.05) is 0 Å². The highest BCUT2D eigenvalue weighted by Gasteiger charge is 2.39. The van der Waals surface area contributed by atoms with Crippen LogP contribution in [0.15, 0.2) is 17.0 Å². The van der Waals surface area contributed by atoms with Crippen LogP contribution in [-0.2, 0) is 16.6 Å². The van der Waals surface area contributed by atoms with Crippen molar-refractivity contribution in [2.45, 2.75) is 37.2 Å². The highest BCUT2D eigenvalue weighted by atomic mass is 35.5. The molecule has 0 radical (unpaired) electrons. The molecule has 1 fully saturated rings. The fraction of sp³-hybridized carbons (Fsp3) is 0.538. The van der Waals surface area contributed by atoms with Crippen LogP contribution in [0.2, 0.25) is 10.0 Å². The first-order valence-corrected chi connectivity index (χ1v) is 8.77. The molecule has 1 saturated carbocycles. The summed E-state index contributed by atoms with van der Waals surface area (Å²) in [4.78, 5) is 0.0543. The summed E-state index contributed by atoms with van der Waals surface area (Å²) in [6.07, 6.45) is 1.86. The smallest absolute Gasteiger partial charge is 0.242 e. The third kappa shape index (κ3) is 3.46. The van der Waals surface area contributed by atoms with Crippen molar-refractivity contribution in [1.82, 2.24) is 10.0 Å². The molecule has 7 heteroatoms. The van der Waals surface area contributed by atoms with Gasteiger partial charge in [-0.3, -0.25) is 0 Å². The van der Waals surface area contributed by atoms with E-state index in [4.69, 9.17) is 23.2 Å². The SMILES string of the molecule is CCC1CC1NS(=O)(=O)c1cc(Cl)cc(CNC)c1Cl. The van der Waals surface area contributed by atoms with Gasteiger partial charge in [0.05, 0.1) is 5.02 Å². The zero-order valence-corrected chi connectivity index (χ0v) is 13.7. The van der Waals surface area contributed by atoms with E-state index < -0.39 is 10.0 Å². The van der Waals surface area contributed by atoms with Crippen LogP contribution in [0.4, 0.5) is 0 Å². The van der Waals surface area contributed by atoms with E-state index >= 15 is 0 Å². The van der Waals surface area contributed by atoms with Crippen LogP contribution in [0.1, 0.15) is 25.3 Å². The van der Waals surface area contributed by atoms with Gasteiger partial charge in [-0.15, -0.1) is 0 Å². The van der Waals surface area contributed by atoms with Crippen LogP contribution in [0.3, 0.4) is 0 Å².